The summed E-state index contributed by atoms with van der Waals surface area (Å²) in [7, 11) is 0. The van der Waals surface area contributed by atoms with Crippen molar-refractivity contribution in [3.05, 3.63) is 0 Å². The highest BCUT2D eigenvalue weighted by Gasteiger charge is 1.93. The van der Waals surface area contributed by atoms with Gasteiger partial charge in [-0.15, -0.1) is 23.2 Å². The summed E-state index contributed by atoms with van der Waals surface area (Å²) < 4.78 is 21.3. The van der Waals surface area contributed by atoms with E-state index in [2.05, 4.69) is 23.2 Å². The SMILES string of the molecule is CCl.FC(F)CCl. The zero-order valence-electron chi connectivity index (χ0n) is 3.80. The molecule has 0 amide bonds. The fraction of sp³-hybridized carbons (Fsp3) is 1.00. The van der Waals surface area contributed by atoms with Crippen molar-refractivity contribution in [1.29, 1.82) is 0 Å². The van der Waals surface area contributed by atoms with Gasteiger partial charge in [0.15, 0.2) is 0 Å². The normalized spacial score (nSPS) is 7.71. The van der Waals surface area contributed by atoms with Crippen LogP contribution in [0, 0.1) is 0 Å². The van der Waals surface area contributed by atoms with E-state index in [1.165, 1.54) is 6.38 Å². The summed E-state index contributed by atoms with van der Waals surface area (Å²) in [5, 5.41) is 0. The van der Waals surface area contributed by atoms with Gasteiger partial charge in [0.05, 0.1) is 5.88 Å². The third kappa shape index (κ3) is 21.3. The van der Waals surface area contributed by atoms with Crippen LogP contribution in [0.2, 0.25) is 0 Å². The highest BCUT2D eigenvalue weighted by Crippen LogP contribution is 1.91. The summed E-state index contributed by atoms with van der Waals surface area (Å²) in [6.45, 7) is 0. The molecule has 0 radical (unpaired) electrons. The Kier molecular flexibility index (Phi) is 14.4. The Labute approximate surface area is 51.4 Å². The Morgan fingerprint density at radius 2 is 1.57 bits per heavy atom. The van der Waals surface area contributed by atoms with Crippen LogP contribution in [-0.4, -0.2) is 18.7 Å². The first-order chi connectivity index (χ1) is 3.27. The van der Waals surface area contributed by atoms with Gasteiger partial charge in [-0.25, -0.2) is 8.78 Å². The zero-order valence-corrected chi connectivity index (χ0v) is 5.31. The van der Waals surface area contributed by atoms with Crippen molar-refractivity contribution in [1.82, 2.24) is 0 Å². The lowest BCUT2D eigenvalue weighted by Gasteiger charge is -1.79. The van der Waals surface area contributed by atoms with Crippen molar-refractivity contribution in [2.45, 2.75) is 6.43 Å². The van der Waals surface area contributed by atoms with E-state index in [4.69, 9.17) is 0 Å². The minimum absolute atomic E-state index is 0.556. The molecule has 46 valence electrons. The Morgan fingerprint density at radius 1 is 1.43 bits per heavy atom. The van der Waals surface area contributed by atoms with Crippen LogP contribution >= 0.6 is 23.2 Å². The third-order valence-electron chi connectivity index (χ3n) is 0.117. The van der Waals surface area contributed by atoms with E-state index in [-0.39, 0.29) is 0 Å². The Hall–Kier alpha value is 0.440. The lowest BCUT2D eigenvalue weighted by atomic mass is 10.9. The molecule has 4 heteroatoms. The molecular weight excluding hydrogens is 145 g/mol. The molecule has 0 atom stereocenters. The summed E-state index contributed by atoms with van der Waals surface area (Å²) in [6, 6.07) is 0. The van der Waals surface area contributed by atoms with E-state index in [9.17, 15) is 8.78 Å². The second-order valence-corrected chi connectivity index (χ2v) is 0.854. The number of rotatable bonds is 1. The van der Waals surface area contributed by atoms with E-state index >= 15 is 0 Å². The smallest absolute Gasteiger partial charge is 0.209 e. The van der Waals surface area contributed by atoms with E-state index < -0.39 is 12.3 Å². The minimum Gasteiger partial charge on any atom is -0.209 e. The van der Waals surface area contributed by atoms with Gasteiger partial charge in [-0.2, -0.15) is 0 Å². The quantitative estimate of drug-likeness (QED) is 0.504. The first kappa shape index (κ1) is 10.4. The van der Waals surface area contributed by atoms with Crippen molar-refractivity contribution in [2.24, 2.45) is 0 Å². The molecule has 0 saturated heterocycles. The first-order valence-corrected chi connectivity index (χ1v) is 2.78. The maximum Gasteiger partial charge on any atom is 0.251 e. The van der Waals surface area contributed by atoms with Crippen LogP contribution in [0.25, 0.3) is 0 Å². The molecule has 0 aromatic rings. The van der Waals surface area contributed by atoms with Gasteiger partial charge >= 0.3 is 0 Å². The van der Waals surface area contributed by atoms with Crippen molar-refractivity contribution in [3.8, 4) is 0 Å². The number of hydrogen-bond acceptors (Lipinski definition) is 0. The molecule has 0 heterocycles. The molecule has 0 aliphatic rings. The van der Waals surface area contributed by atoms with Gasteiger partial charge in [0.25, 0.3) is 6.43 Å². The lowest BCUT2D eigenvalue weighted by Crippen LogP contribution is -1.87. The molecule has 0 spiro atoms. The lowest BCUT2D eigenvalue weighted by molar-refractivity contribution is 0.175. The van der Waals surface area contributed by atoms with Gasteiger partial charge in [0.1, 0.15) is 0 Å². The second-order valence-electron chi connectivity index (χ2n) is 0.545. The molecular formula is C3H6Cl2F2. The molecule has 0 bridgehead atoms. The van der Waals surface area contributed by atoms with Crippen LogP contribution in [-0.2, 0) is 0 Å². The third-order valence-corrected chi connectivity index (χ3v) is 0.350. The van der Waals surface area contributed by atoms with Gasteiger partial charge in [-0.3, -0.25) is 0 Å². The van der Waals surface area contributed by atoms with Gasteiger partial charge < -0.3 is 0 Å². The largest absolute Gasteiger partial charge is 0.251 e. The van der Waals surface area contributed by atoms with Crippen molar-refractivity contribution >= 4 is 23.2 Å². The van der Waals surface area contributed by atoms with E-state index in [1.807, 2.05) is 0 Å². The van der Waals surface area contributed by atoms with Crippen molar-refractivity contribution < 1.29 is 8.78 Å². The van der Waals surface area contributed by atoms with Gasteiger partial charge in [-0.1, -0.05) is 0 Å². The van der Waals surface area contributed by atoms with Crippen LogP contribution in [0.3, 0.4) is 0 Å². The Bertz CT molecular complexity index is 24.9. The molecule has 0 rings (SSSR count). The maximum absolute atomic E-state index is 10.6. The molecule has 0 aromatic heterocycles. The van der Waals surface area contributed by atoms with Gasteiger partial charge in [-0.05, 0) is 0 Å². The number of alkyl halides is 4. The van der Waals surface area contributed by atoms with Crippen molar-refractivity contribution in [3.63, 3.8) is 0 Å². The summed E-state index contributed by atoms with van der Waals surface area (Å²) in [6.07, 6.45) is -0.878. The monoisotopic (exact) mass is 150 g/mol. The molecule has 0 fully saturated rings. The molecule has 0 N–H and O–H groups in total. The fourth-order valence-electron chi connectivity index (χ4n) is 0. The van der Waals surface area contributed by atoms with Crippen LogP contribution < -0.4 is 0 Å². The molecule has 0 saturated carbocycles. The van der Waals surface area contributed by atoms with E-state index in [0.29, 0.717) is 0 Å². The highest BCUT2D eigenvalue weighted by atomic mass is 35.5. The van der Waals surface area contributed by atoms with Crippen LogP contribution in [0.1, 0.15) is 0 Å². The van der Waals surface area contributed by atoms with Crippen molar-refractivity contribution in [2.75, 3.05) is 12.3 Å². The topological polar surface area (TPSA) is 0 Å². The number of halogens is 4. The molecule has 0 unspecified atom stereocenters. The first-order valence-electron chi connectivity index (χ1n) is 1.49. The summed E-state index contributed by atoms with van der Waals surface area (Å²) in [4.78, 5) is 0. The molecule has 0 aliphatic carbocycles. The van der Waals surface area contributed by atoms with Gasteiger partial charge in [0, 0.05) is 6.38 Å². The number of hydrogen-bond donors (Lipinski definition) is 0. The van der Waals surface area contributed by atoms with E-state index in [1.54, 1.807) is 0 Å². The molecule has 0 aliphatic heterocycles. The zero-order chi connectivity index (χ0) is 6.28. The van der Waals surface area contributed by atoms with Crippen LogP contribution in [0.5, 0.6) is 0 Å². The Morgan fingerprint density at radius 3 is 1.57 bits per heavy atom. The highest BCUT2D eigenvalue weighted by molar-refractivity contribution is 6.18. The predicted octanol–water partition coefficient (Wildman–Crippen LogP) is 2.35. The average molecular weight is 151 g/mol. The molecule has 7 heavy (non-hydrogen) atoms. The average Bonchev–Trinajstić information content (AvgIpc) is 1.73. The second kappa shape index (κ2) is 9.67. The van der Waals surface area contributed by atoms with Gasteiger partial charge in [0.2, 0.25) is 0 Å². The molecule has 0 aromatic carbocycles. The standard InChI is InChI=1S/C2H3ClF2.CH3Cl/c3-1-2(4)5;1-2/h2H,1H2;1H3. The summed E-state index contributed by atoms with van der Waals surface area (Å²) in [5.74, 6) is -0.556. The van der Waals surface area contributed by atoms with E-state index in [0.717, 1.165) is 0 Å². The molecule has 0 nitrogen and oxygen atoms in total. The van der Waals surface area contributed by atoms with Crippen LogP contribution in [0.4, 0.5) is 8.78 Å². The summed E-state index contributed by atoms with van der Waals surface area (Å²) in [5.41, 5.74) is 0. The fourth-order valence-corrected chi connectivity index (χ4v) is 0. The summed E-state index contributed by atoms with van der Waals surface area (Å²) >= 11 is 9.23. The van der Waals surface area contributed by atoms with Crippen LogP contribution in [0.15, 0.2) is 0 Å². The Balaban J connectivity index is 0. The maximum atomic E-state index is 10.6. The predicted molar refractivity (Wildman–Crippen MR) is 28.5 cm³/mol. The minimum atomic E-state index is -2.35.